The Labute approximate surface area is 134 Å². The van der Waals surface area contributed by atoms with E-state index in [2.05, 4.69) is 21.2 Å². The van der Waals surface area contributed by atoms with Crippen LogP contribution < -0.4 is 5.32 Å². The smallest absolute Gasteiger partial charge is 0.0756 e. The van der Waals surface area contributed by atoms with Gasteiger partial charge in [-0.2, -0.15) is 0 Å². The highest BCUT2D eigenvalue weighted by Crippen LogP contribution is 2.42. The molecular weight excluding hydrogens is 338 g/mol. The number of hydrogen-bond donors (Lipinski definition) is 1. The molecule has 1 saturated heterocycles. The summed E-state index contributed by atoms with van der Waals surface area (Å²) in [7, 11) is 0. The third kappa shape index (κ3) is 3.32. The first-order chi connectivity index (χ1) is 9.67. The molecule has 1 atom stereocenters. The van der Waals surface area contributed by atoms with E-state index >= 15 is 0 Å². The van der Waals surface area contributed by atoms with E-state index in [0.29, 0.717) is 6.10 Å². The summed E-state index contributed by atoms with van der Waals surface area (Å²) < 4.78 is 7.37. The minimum atomic E-state index is 0.202. The number of halogens is 2. The van der Waals surface area contributed by atoms with Gasteiger partial charge in [-0.1, -0.05) is 46.8 Å². The quantitative estimate of drug-likeness (QED) is 0.781. The second kappa shape index (κ2) is 6.25. The van der Waals surface area contributed by atoms with Crippen LogP contribution in [-0.2, 0) is 4.74 Å². The Bertz CT molecular complexity index is 474. The van der Waals surface area contributed by atoms with Gasteiger partial charge in [0.25, 0.3) is 0 Å². The molecule has 1 aliphatic heterocycles. The van der Waals surface area contributed by atoms with Crippen molar-refractivity contribution in [2.75, 3.05) is 11.9 Å². The van der Waals surface area contributed by atoms with Crippen LogP contribution in [0.15, 0.2) is 22.7 Å². The molecule has 1 saturated carbocycles. The molecule has 2 fully saturated rings. The van der Waals surface area contributed by atoms with Crippen molar-refractivity contribution in [1.82, 2.24) is 0 Å². The average Bonchev–Trinajstić information content (AvgIpc) is 2.82. The van der Waals surface area contributed by atoms with Crippen LogP contribution in [-0.4, -0.2) is 18.2 Å². The molecule has 1 aromatic rings. The molecule has 0 aromatic heterocycles. The van der Waals surface area contributed by atoms with Gasteiger partial charge in [-0.05, 0) is 43.9 Å². The fourth-order valence-corrected chi connectivity index (χ4v) is 4.20. The molecule has 0 bridgehead atoms. The predicted molar refractivity (Wildman–Crippen MR) is 87.6 cm³/mol. The first-order valence-corrected chi connectivity index (χ1v) is 8.71. The number of hydrogen-bond acceptors (Lipinski definition) is 2. The van der Waals surface area contributed by atoms with E-state index in [4.69, 9.17) is 16.3 Å². The highest BCUT2D eigenvalue weighted by atomic mass is 79.9. The Morgan fingerprint density at radius 3 is 2.80 bits per heavy atom. The SMILES string of the molecule is Clc1cc(Br)ccc1NCC1CCC2(CCCCC2)O1. The third-order valence-electron chi connectivity index (χ3n) is 4.55. The molecule has 1 aliphatic carbocycles. The summed E-state index contributed by atoms with van der Waals surface area (Å²) >= 11 is 9.65. The molecule has 0 amide bonds. The van der Waals surface area contributed by atoms with Gasteiger partial charge in [-0.15, -0.1) is 0 Å². The van der Waals surface area contributed by atoms with Crippen LogP contribution in [0.25, 0.3) is 0 Å². The molecule has 4 heteroatoms. The first-order valence-electron chi connectivity index (χ1n) is 7.54. The summed E-state index contributed by atoms with van der Waals surface area (Å²) in [5.41, 5.74) is 1.19. The van der Waals surface area contributed by atoms with Crippen molar-refractivity contribution in [1.29, 1.82) is 0 Å². The van der Waals surface area contributed by atoms with Crippen molar-refractivity contribution >= 4 is 33.2 Å². The lowest BCUT2D eigenvalue weighted by molar-refractivity contribution is -0.0588. The zero-order valence-corrected chi connectivity index (χ0v) is 14.0. The zero-order valence-electron chi connectivity index (χ0n) is 11.6. The molecule has 2 nitrogen and oxygen atoms in total. The molecule has 1 heterocycles. The van der Waals surface area contributed by atoms with Gasteiger partial charge in [0.05, 0.1) is 22.4 Å². The van der Waals surface area contributed by atoms with Crippen LogP contribution in [0.3, 0.4) is 0 Å². The summed E-state index contributed by atoms with van der Waals surface area (Å²) in [5, 5.41) is 4.18. The van der Waals surface area contributed by atoms with E-state index in [1.54, 1.807) is 0 Å². The molecule has 1 aromatic carbocycles. The van der Waals surface area contributed by atoms with Crippen LogP contribution in [0, 0.1) is 0 Å². The van der Waals surface area contributed by atoms with Gasteiger partial charge in [-0.3, -0.25) is 0 Å². The van der Waals surface area contributed by atoms with E-state index in [1.807, 2.05) is 18.2 Å². The summed E-state index contributed by atoms with van der Waals surface area (Å²) in [5.74, 6) is 0. The Kier molecular flexibility index (Phi) is 4.58. The molecule has 1 spiro atoms. The topological polar surface area (TPSA) is 21.3 Å². The van der Waals surface area contributed by atoms with Gasteiger partial charge in [0.1, 0.15) is 0 Å². The Morgan fingerprint density at radius 2 is 2.05 bits per heavy atom. The van der Waals surface area contributed by atoms with Gasteiger partial charge >= 0.3 is 0 Å². The highest BCUT2D eigenvalue weighted by Gasteiger charge is 2.40. The number of nitrogens with one attached hydrogen (secondary N) is 1. The van der Waals surface area contributed by atoms with Gasteiger partial charge in [-0.25, -0.2) is 0 Å². The maximum absolute atomic E-state index is 6.36. The molecule has 20 heavy (non-hydrogen) atoms. The summed E-state index contributed by atoms with van der Waals surface area (Å²) in [4.78, 5) is 0. The van der Waals surface area contributed by atoms with E-state index in [9.17, 15) is 0 Å². The Balaban J connectivity index is 1.54. The molecule has 1 unspecified atom stereocenters. The molecular formula is C16H21BrClNO. The van der Waals surface area contributed by atoms with Gasteiger partial charge in [0.2, 0.25) is 0 Å². The fraction of sp³-hybridized carbons (Fsp3) is 0.625. The summed E-state index contributed by atoms with van der Waals surface area (Å²) in [6, 6.07) is 5.94. The van der Waals surface area contributed by atoms with Gasteiger partial charge in [0, 0.05) is 11.0 Å². The third-order valence-corrected chi connectivity index (χ3v) is 5.36. The van der Waals surface area contributed by atoms with E-state index in [0.717, 1.165) is 21.7 Å². The Hall–Kier alpha value is -0.250. The lowest BCUT2D eigenvalue weighted by Gasteiger charge is -2.33. The minimum Gasteiger partial charge on any atom is -0.381 e. The largest absolute Gasteiger partial charge is 0.381 e. The van der Waals surface area contributed by atoms with Crippen molar-refractivity contribution in [2.24, 2.45) is 0 Å². The zero-order chi connectivity index (χ0) is 14.0. The standard InChI is InChI=1S/C16H21BrClNO/c17-12-4-5-15(14(18)10-12)19-11-13-6-9-16(20-13)7-2-1-3-8-16/h4-5,10,13,19H,1-3,6-9,11H2. The second-order valence-corrected chi connectivity index (χ2v) is 7.35. The van der Waals surface area contributed by atoms with Crippen LogP contribution in [0.4, 0.5) is 5.69 Å². The van der Waals surface area contributed by atoms with Gasteiger partial charge in [0.15, 0.2) is 0 Å². The maximum atomic E-state index is 6.36. The van der Waals surface area contributed by atoms with E-state index in [-0.39, 0.29) is 5.60 Å². The van der Waals surface area contributed by atoms with E-state index in [1.165, 1.54) is 44.9 Å². The summed E-state index contributed by atoms with van der Waals surface area (Å²) in [6.45, 7) is 0.850. The Morgan fingerprint density at radius 1 is 1.25 bits per heavy atom. The van der Waals surface area contributed by atoms with Crippen molar-refractivity contribution in [3.05, 3.63) is 27.7 Å². The normalized spacial score (nSPS) is 25.0. The predicted octanol–water partition coefficient (Wildman–Crippen LogP) is 5.40. The molecule has 1 N–H and O–H groups in total. The summed E-state index contributed by atoms with van der Waals surface area (Å²) in [6.07, 6.45) is 9.27. The minimum absolute atomic E-state index is 0.202. The van der Waals surface area contributed by atoms with Crippen LogP contribution in [0.5, 0.6) is 0 Å². The first kappa shape index (κ1) is 14.7. The van der Waals surface area contributed by atoms with Gasteiger partial charge < -0.3 is 10.1 Å². The molecule has 2 aliphatic rings. The maximum Gasteiger partial charge on any atom is 0.0756 e. The van der Waals surface area contributed by atoms with Crippen molar-refractivity contribution < 1.29 is 4.74 Å². The average molecular weight is 359 g/mol. The van der Waals surface area contributed by atoms with Crippen molar-refractivity contribution in [3.8, 4) is 0 Å². The number of benzene rings is 1. The van der Waals surface area contributed by atoms with Crippen LogP contribution >= 0.6 is 27.5 Å². The number of anilines is 1. The lowest BCUT2D eigenvalue weighted by atomic mass is 9.83. The monoisotopic (exact) mass is 357 g/mol. The highest BCUT2D eigenvalue weighted by molar-refractivity contribution is 9.10. The van der Waals surface area contributed by atoms with Crippen LogP contribution in [0.2, 0.25) is 5.02 Å². The number of ether oxygens (including phenoxy) is 1. The van der Waals surface area contributed by atoms with Crippen LogP contribution in [0.1, 0.15) is 44.9 Å². The lowest BCUT2D eigenvalue weighted by Crippen LogP contribution is -2.33. The van der Waals surface area contributed by atoms with Crippen molar-refractivity contribution in [2.45, 2.75) is 56.7 Å². The molecule has 3 rings (SSSR count). The van der Waals surface area contributed by atoms with E-state index < -0.39 is 0 Å². The second-order valence-electron chi connectivity index (χ2n) is 6.03. The molecule has 110 valence electrons. The molecule has 0 radical (unpaired) electrons. The fourth-order valence-electron chi connectivity index (χ4n) is 3.46. The number of rotatable bonds is 3. The van der Waals surface area contributed by atoms with Crippen molar-refractivity contribution in [3.63, 3.8) is 0 Å².